The number of nitrogens with zero attached hydrogens (tertiary/aromatic N) is 2. The predicted molar refractivity (Wildman–Crippen MR) is 67.5 cm³/mol. The number of fused-ring (bicyclic) bond motifs is 1. The second kappa shape index (κ2) is 4.10. The summed E-state index contributed by atoms with van der Waals surface area (Å²) in [5, 5.41) is 7.66. The summed E-state index contributed by atoms with van der Waals surface area (Å²) in [7, 11) is 0. The molecule has 0 aliphatic carbocycles. The highest BCUT2D eigenvalue weighted by Gasteiger charge is 2.09. The van der Waals surface area contributed by atoms with Gasteiger partial charge in [-0.05, 0) is 11.6 Å². The van der Waals surface area contributed by atoms with Crippen LogP contribution in [0.4, 0.5) is 10.2 Å². The van der Waals surface area contributed by atoms with Gasteiger partial charge in [0.15, 0.2) is 0 Å². The molecule has 2 heterocycles. The Balaban J connectivity index is 2.10. The molecule has 3 N–H and O–H groups in total. The molecule has 0 unspecified atom stereocenters. The summed E-state index contributed by atoms with van der Waals surface area (Å²) in [6, 6.07) is 8.36. The Kier molecular flexibility index (Phi) is 2.44. The van der Waals surface area contributed by atoms with Gasteiger partial charge in [0.25, 0.3) is 0 Å². The van der Waals surface area contributed by atoms with Gasteiger partial charge in [-0.3, -0.25) is 5.10 Å². The van der Waals surface area contributed by atoms with Crippen molar-refractivity contribution in [2.45, 2.75) is 6.42 Å². The number of rotatable bonds is 2. The van der Waals surface area contributed by atoms with E-state index in [0.717, 1.165) is 16.6 Å². The molecule has 0 amide bonds. The second-order valence-corrected chi connectivity index (χ2v) is 4.09. The molecule has 3 rings (SSSR count). The van der Waals surface area contributed by atoms with Gasteiger partial charge in [0.1, 0.15) is 11.6 Å². The molecule has 5 heteroatoms. The van der Waals surface area contributed by atoms with Crippen molar-refractivity contribution in [3.05, 3.63) is 53.6 Å². The summed E-state index contributed by atoms with van der Waals surface area (Å²) in [6.45, 7) is 0. The van der Waals surface area contributed by atoms with Gasteiger partial charge >= 0.3 is 0 Å². The van der Waals surface area contributed by atoms with Crippen molar-refractivity contribution in [1.29, 1.82) is 0 Å². The number of nitrogen functional groups attached to an aromatic ring is 1. The van der Waals surface area contributed by atoms with E-state index < -0.39 is 0 Å². The van der Waals surface area contributed by atoms with E-state index in [0.29, 0.717) is 17.8 Å². The molecule has 0 atom stereocenters. The maximum absolute atomic E-state index is 13.6. The minimum atomic E-state index is -0.238. The lowest BCUT2D eigenvalue weighted by molar-refractivity contribution is 0.613. The van der Waals surface area contributed by atoms with Crippen molar-refractivity contribution in [1.82, 2.24) is 15.2 Å². The molecule has 4 nitrogen and oxygen atoms in total. The SMILES string of the molecule is Nc1cc2[nH]ncc2c(Cc2ccccc2F)n1. The van der Waals surface area contributed by atoms with Gasteiger partial charge in [0.05, 0.1) is 17.4 Å². The number of halogens is 1. The largest absolute Gasteiger partial charge is 0.384 e. The van der Waals surface area contributed by atoms with E-state index in [1.54, 1.807) is 30.5 Å². The van der Waals surface area contributed by atoms with Crippen LogP contribution in [0.3, 0.4) is 0 Å². The molecule has 0 bridgehead atoms. The number of pyridine rings is 1. The van der Waals surface area contributed by atoms with Gasteiger partial charge in [-0.1, -0.05) is 18.2 Å². The van der Waals surface area contributed by atoms with Gasteiger partial charge < -0.3 is 5.73 Å². The van der Waals surface area contributed by atoms with E-state index in [2.05, 4.69) is 15.2 Å². The monoisotopic (exact) mass is 242 g/mol. The van der Waals surface area contributed by atoms with Crippen LogP contribution >= 0.6 is 0 Å². The molecule has 0 aliphatic heterocycles. The number of aromatic nitrogens is 3. The number of hydrogen-bond donors (Lipinski definition) is 2. The summed E-state index contributed by atoms with van der Waals surface area (Å²) < 4.78 is 13.6. The zero-order chi connectivity index (χ0) is 12.5. The first-order valence-electron chi connectivity index (χ1n) is 5.56. The van der Waals surface area contributed by atoms with E-state index in [1.807, 2.05) is 0 Å². The standard InChI is InChI=1S/C13H11FN4/c14-10-4-2-1-3-8(10)5-11-9-7-16-18-12(9)6-13(15)17-11/h1-4,6-7H,5H2,(H2,15,17)(H,16,18). The Bertz CT molecular complexity index is 705. The molecule has 18 heavy (non-hydrogen) atoms. The summed E-state index contributed by atoms with van der Waals surface area (Å²) in [6.07, 6.45) is 2.08. The Morgan fingerprint density at radius 1 is 1.28 bits per heavy atom. The fourth-order valence-electron chi connectivity index (χ4n) is 1.99. The van der Waals surface area contributed by atoms with Crippen molar-refractivity contribution >= 4 is 16.7 Å². The van der Waals surface area contributed by atoms with E-state index in [1.165, 1.54) is 6.07 Å². The number of anilines is 1. The summed E-state index contributed by atoms with van der Waals surface area (Å²) in [4.78, 5) is 4.26. The topological polar surface area (TPSA) is 67.6 Å². The van der Waals surface area contributed by atoms with Gasteiger partial charge in [0.2, 0.25) is 0 Å². The van der Waals surface area contributed by atoms with E-state index in [4.69, 9.17) is 5.73 Å². The molecule has 2 aromatic heterocycles. The molecule has 0 fully saturated rings. The molecule has 0 saturated carbocycles. The summed E-state index contributed by atoms with van der Waals surface area (Å²) >= 11 is 0. The first-order valence-corrected chi connectivity index (χ1v) is 5.56. The third-order valence-electron chi connectivity index (χ3n) is 2.85. The van der Waals surface area contributed by atoms with Crippen LogP contribution in [0.1, 0.15) is 11.3 Å². The molecular formula is C13H11FN4. The lowest BCUT2D eigenvalue weighted by Crippen LogP contribution is -1.99. The van der Waals surface area contributed by atoms with Crippen molar-refractivity contribution < 1.29 is 4.39 Å². The fraction of sp³-hybridized carbons (Fsp3) is 0.0769. The third-order valence-corrected chi connectivity index (χ3v) is 2.85. The van der Waals surface area contributed by atoms with Crippen molar-refractivity contribution in [3.63, 3.8) is 0 Å². The summed E-state index contributed by atoms with van der Waals surface area (Å²) in [5.74, 6) is 0.163. The average molecular weight is 242 g/mol. The van der Waals surface area contributed by atoms with Crippen LogP contribution in [0.15, 0.2) is 36.5 Å². The van der Waals surface area contributed by atoms with Gasteiger partial charge in [0, 0.05) is 17.9 Å². The zero-order valence-electron chi connectivity index (χ0n) is 9.52. The molecule has 0 aliphatic rings. The van der Waals surface area contributed by atoms with Crippen molar-refractivity contribution in [2.24, 2.45) is 0 Å². The minimum Gasteiger partial charge on any atom is -0.384 e. The van der Waals surface area contributed by atoms with Crippen LogP contribution in [0, 0.1) is 5.82 Å². The lowest BCUT2D eigenvalue weighted by Gasteiger charge is -2.05. The number of benzene rings is 1. The van der Waals surface area contributed by atoms with Gasteiger partial charge in [-0.2, -0.15) is 5.10 Å². The molecule has 0 spiro atoms. The molecule has 90 valence electrons. The zero-order valence-corrected chi connectivity index (χ0v) is 9.52. The minimum absolute atomic E-state index is 0.238. The molecule has 0 saturated heterocycles. The lowest BCUT2D eigenvalue weighted by atomic mass is 10.1. The third kappa shape index (κ3) is 1.79. The predicted octanol–water partition coefficient (Wildman–Crippen LogP) is 2.27. The quantitative estimate of drug-likeness (QED) is 0.724. The highest BCUT2D eigenvalue weighted by molar-refractivity contribution is 5.82. The maximum atomic E-state index is 13.6. The molecular weight excluding hydrogens is 231 g/mol. The van der Waals surface area contributed by atoms with Gasteiger partial charge in [-0.15, -0.1) is 0 Å². The van der Waals surface area contributed by atoms with Crippen LogP contribution in [0.5, 0.6) is 0 Å². The Morgan fingerprint density at radius 2 is 2.11 bits per heavy atom. The van der Waals surface area contributed by atoms with Crippen LogP contribution in [-0.4, -0.2) is 15.2 Å². The Morgan fingerprint density at radius 3 is 2.94 bits per heavy atom. The normalized spacial score (nSPS) is 10.9. The number of nitrogens with one attached hydrogen (secondary N) is 1. The highest BCUT2D eigenvalue weighted by Crippen LogP contribution is 2.21. The van der Waals surface area contributed by atoms with Gasteiger partial charge in [-0.25, -0.2) is 9.37 Å². The van der Waals surface area contributed by atoms with Crippen LogP contribution in [0.25, 0.3) is 10.9 Å². The first kappa shape index (κ1) is 10.7. The molecule has 3 aromatic rings. The van der Waals surface area contributed by atoms with Crippen molar-refractivity contribution in [3.8, 4) is 0 Å². The fourth-order valence-corrected chi connectivity index (χ4v) is 1.99. The van der Waals surface area contributed by atoms with Crippen LogP contribution in [0.2, 0.25) is 0 Å². The Hall–Kier alpha value is -2.43. The molecule has 1 aromatic carbocycles. The second-order valence-electron chi connectivity index (χ2n) is 4.09. The average Bonchev–Trinajstić information content (AvgIpc) is 2.80. The number of H-pyrrole nitrogens is 1. The molecule has 0 radical (unpaired) electrons. The smallest absolute Gasteiger partial charge is 0.126 e. The number of hydrogen-bond acceptors (Lipinski definition) is 3. The number of nitrogens with two attached hydrogens (primary N) is 1. The van der Waals surface area contributed by atoms with E-state index in [9.17, 15) is 4.39 Å². The summed E-state index contributed by atoms with van der Waals surface area (Å²) in [5.41, 5.74) is 7.86. The highest BCUT2D eigenvalue weighted by atomic mass is 19.1. The van der Waals surface area contributed by atoms with Crippen LogP contribution < -0.4 is 5.73 Å². The number of aromatic amines is 1. The maximum Gasteiger partial charge on any atom is 0.126 e. The van der Waals surface area contributed by atoms with Crippen molar-refractivity contribution in [2.75, 3.05) is 5.73 Å². The van der Waals surface area contributed by atoms with E-state index in [-0.39, 0.29) is 5.82 Å². The Labute approximate surface area is 103 Å². The first-order chi connectivity index (χ1) is 8.74. The van der Waals surface area contributed by atoms with E-state index >= 15 is 0 Å². The van der Waals surface area contributed by atoms with Crippen LogP contribution in [-0.2, 0) is 6.42 Å².